The molecule has 1 aliphatic heterocycles. The first-order chi connectivity index (χ1) is 8.86. The maximum atomic E-state index is 11.5. The fourth-order valence-corrected chi connectivity index (χ4v) is 3.81. The number of rotatable bonds is 6. The van der Waals surface area contributed by atoms with E-state index in [0.717, 1.165) is 0 Å². The van der Waals surface area contributed by atoms with Crippen molar-refractivity contribution in [2.75, 3.05) is 12.3 Å². The zero-order valence-electron chi connectivity index (χ0n) is 10.9. The predicted molar refractivity (Wildman–Crippen MR) is 69.7 cm³/mol. The zero-order chi connectivity index (χ0) is 14.5. The van der Waals surface area contributed by atoms with Gasteiger partial charge in [0.05, 0.1) is 11.0 Å². The van der Waals surface area contributed by atoms with Crippen LogP contribution < -0.4 is 10.6 Å². The van der Waals surface area contributed by atoms with Gasteiger partial charge in [0.25, 0.3) is 0 Å². The van der Waals surface area contributed by atoms with E-state index in [1.54, 1.807) is 0 Å². The van der Waals surface area contributed by atoms with Crippen LogP contribution in [-0.2, 0) is 14.6 Å². The van der Waals surface area contributed by atoms with E-state index in [4.69, 9.17) is 5.11 Å². The number of carboxylic acid groups (broad SMARTS) is 1. The van der Waals surface area contributed by atoms with Gasteiger partial charge in [0.1, 0.15) is 6.04 Å². The molecule has 0 bridgehead atoms. The van der Waals surface area contributed by atoms with E-state index in [0.29, 0.717) is 25.7 Å². The predicted octanol–water partition coefficient (Wildman–Crippen LogP) is 0.116. The average molecular weight is 292 g/mol. The summed E-state index contributed by atoms with van der Waals surface area (Å²) in [5, 5.41) is 13.1. The van der Waals surface area contributed by atoms with Gasteiger partial charge in [-0.2, -0.15) is 0 Å². The minimum absolute atomic E-state index is 0.0344. The van der Waals surface area contributed by atoms with E-state index in [1.807, 2.05) is 6.92 Å². The van der Waals surface area contributed by atoms with Crippen LogP contribution in [-0.4, -0.2) is 49.1 Å². The van der Waals surface area contributed by atoms with Crippen LogP contribution in [0.2, 0.25) is 0 Å². The van der Waals surface area contributed by atoms with E-state index >= 15 is 0 Å². The molecule has 1 fully saturated rings. The van der Waals surface area contributed by atoms with Crippen LogP contribution in [0.3, 0.4) is 0 Å². The first-order valence-electron chi connectivity index (χ1n) is 6.35. The summed E-state index contributed by atoms with van der Waals surface area (Å²) in [7, 11) is -3.10. The molecule has 19 heavy (non-hydrogen) atoms. The number of amides is 2. The summed E-state index contributed by atoms with van der Waals surface area (Å²) in [5.74, 6) is -0.931. The Balaban J connectivity index is 2.41. The Hall–Kier alpha value is -1.31. The van der Waals surface area contributed by atoms with E-state index in [1.165, 1.54) is 0 Å². The van der Waals surface area contributed by atoms with Crippen molar-refractivity contribution in [3.63, 3.8) is 0 Å². The molecule has 1 rings (SSSR count). The lowest BCUT2D eigenvalue weighted by Gasteiger charge is -2.15. The Morgan fingerprint density at radius 2 is 2.11 bits per heavy atom. The van der Waals surface area contributed by atoms with E-state index in [-0.39, 0.29) is 12.3 Å². The molecule has 1 unspecified atom stereocenters. The van der Waals surface area contributed by atoms with Gasteiger partial charge in [-0.25, -0.2) is 18.0 Å². The average Bonchev–Trinajstić information content (AvgIpc) is 2.65. The van der Waals surface area contributed by atoms with Crippen molar-refractivity contribution < 1.29 is 23.1 Å². The summed E-state index contributed by atoms with van der Waals surface area (Å²) in [5.41, 5.74) is 0. The number of hydrogen-bond acceptors (Lipinski definition) is 4. The van der Waals surface area contributed by atoms with Gasteiger partial charge >= 0.3 is 12.0 Å². The second-order valence-corrected chi connectivity index (χ2v) is 7.07. The smallest absolute Gasteiger partial charge is 0.326 e. The molecule has 2 amide bonds. The molecule has 3 N–H and O–H groups in total. The molecule has 1 heterocycles. The highest BCUT2D eigenvalue weighted by molar-refractivity contribution is 7.92. The molecule has 0 spiro atoms. The van der Waals surface area contributed by atoms with Gasteiger partial charge in [0.2, 0.25) is 0 Å². The highest BCUT2D eigenvalue weighted by Crippen LogP contribution is 2.18. The number of nitrogens with one attached hydrogen (secondary N) is 2. The zero-order valence-corrected chi connectivity index (χ0v) is 11.7. The lowest BCUT2D eigenvalue weighted by molar-refractivity contribution is -0.139. The molecule has 8 heteroatoms. The van der Waals surface area contributed by atoms with Crippen molar-refractivity contribution in [3.8, 4) is 0 Å². The molecule has 2 atom stereocenters. The number of urea groups is 1. The van der Waals surface area contributed by atoms with Gasteiger partial charge < -0.3 is 15.7 Å². The highest BCUT2D eigenvalue weighted by Gasteiger charge is 2.31. The monoisotopic (exact) mass is 292 g/mol. The van der Waals surface area contributed by atoms with Crippen LogP contribution in [0.5, 0.6) is 0 Å². The van der Waals surface area contributed by atoms with Crippen molar-refractivity contribution in [1.82, 2.24) is 10.6 Å². The molecular formula is C11H20N2O5S. The molecule has 0 saturated carbocycles. The third kappa shape index (κ3) is 4.70. The van der Waals surface area contributed by atoms with E-state index in [9.17, 15) is 18.0 Å². The van der Waals surface area contributed by atoms with Crippen molar-refractivity contribution in [2.24, 2.45) is 0 Å². The van der Waals surface area contributed by atoms with E-state index < -0.39 is 33.1 Å². The maximum absolute atomic E-state index is 11.5. The number of sulfone groups is 1. The molecule has 0 aromatic heterocycles. The summed E-state index contributed by atoms with van der Waals surface area (Å²) in [6.45, 7) is 1.85. The standard InChI is InChI=1S/C11H20N2O5S/c1-2-4-9(10(14)15)13-11(16)12-7-8-5-3-6-19(8,17)18/h8-9H,2-7H2,1H3,(H,14,15)(H2,12,13,16)/t8?,9-/m0/s1. The number of hydrogen-bond donors (Lipinski definition) is 3. The molecule has 0 radical (unpaired) electrons. The maximum Gasteiger partial charge on any atom is 0.326 e. The van der Waals surface area contributed by atoms with Crippen LogP contribution in [0.1, 0.15) is 32.6 Å². The minimum Gasteiger partial charge on any atom is -0.480 e. The molecule has 110 valence electrons. The molecular weight excluding hydrogens is 272 g/mol. The van der Waals surface area contributed by atoms with Gasteiger partial charge in [-0.15, -0.1) is 0 Å². The van der Waals surface area contributed by atoms with Crippen LogP contribution in [0.4, 0.5) is 4.79 Å². The van der Waals surface area contributed by atoms with E-state index in [2.05, 4.69) is 10.6 Å². The van der Waals surface area contributed by atoms with Crippen molar-refractivity contribution >= 4 is 21.8 Å². The fraction of sp³-hybridized carbons (Fsp3) is 0.818. The van der Waals surface area contributed by atoms with Gasteiger partial charge in [-0.1, -0.05) is 13.3 Å². The fourth-order valence-electron chi connectivity index (χ4n) is 2.05. The van der Waals surface area contributed by atoms with Crippen molar-refractivity contribution in [2.45, 2.75) is 43.9 Å². The topological polar surface area (TPSA) is 113 Å². The molecule has 1 aliphatic rings. The molecule has 0 aliphatic carbocycles. The van der Waals surface area contributed by atoms with Crippen LogP contribution in [0, 0.1) is 0 Å². The van der Waals surface area contributed by atoms with Crippen LogP contribution in [0.25, 0.3) is 0 Å². The molecule has 7 nitrogen and oxygen atoms in total. The molecule has 1 saturated heterocycles. The lowest BCUT2D eigenvalue weighted by Crippen LogP contribution is -2.48. The lowest BCUT2D eigenvalue weighted by atomic mass is 10.2. The number of aliphatic carboxylic acids is 1. The third-order valence-corrected chi connectivity index (χ3v) is 5.41. The quantitative estimate of drug-likeness (QED) is 0.643. The highest BCUT2D eigenvalue weighted by atomic mass is 32.2. The van der Waals surface area contributed by atoms with Gasteiger partial charge in [0.15, 0.2) is 9.84 Å². The number of carboxylic acids is 1. The van der Waals surface area contributed by atoms with Gasteiger partial charge in [0, 0.05) is 6.54 Å². The molecule has 0 aromatic rings. The third-order valence-electron chi connectivity index (χ3n) is 3.13. The van der Waals surface area contributed by atoms with Crippen molar-refractivity contribution in [3.05, 3.63) is 0 Å². The van der Waals surface area contributed by atoms with Crippen LogP contribution in [0.15, 0.2) is 0 Å². The summed E-state index contributed by atoms with van der Waals surface area (Å²) >= 11 is 0. The minimum atomic E-state index is -3.10. The Morgan fingerprint density at radius 1 is 1.42 bits per heavy atom. The Kier molecular flexibility index (Phi) is 5.59. The normalized spacial score (nSPS) is 22.7. The Labute approximate surface area is 112 Å². The summed E-state index contributed by atoms with van der Waals surface area (Å²) in [6.07, 6.45) is 2.13. The second kappa shape index (κ2) is 6.74. The summed E-state index contributed by atoms with van der Waals surface area (Å²) < 4.78 is 23.1. The largest absolute Gasteiger partial charge is 0.480 e. The van der Waals surface area contributed by atoms with Crippen LogP contribution >= 0.6 is 0 Å². The first kappa shape index (κ1) is 15.7. The SMILES string of the molecule is CCC[C@H](NC(=O)NCC1CCCS1(=O)=O)C(=O)O. The number of carbonyl (C=O) groups is 2. The Morgan fingerprint density at radius 3 is 2.58 bits per heavy atom. The number of carbonyl (C=O) groups excluding carboxylic acids is 1. The molecule has 0 aromatic carbocycles. The Bertz CT molecular complexity index is 434. The summed E-state index contributed by atoms with van der Waals surface area (Å²) in [4.78, 5) is 22.4. The summed E-state index contributed by atoms with van der Waals surface area (Å²) in [6, 6.07) is -1.58. The van der Waals surface area contributed by atoms with Crippen molar-refractivity contribution in [1.29, 1.82) is 0 Å². The van der Waals surface area contributed by atoms with Gasteiger partial charge in [-0.05, 0) is 19.3 Å². The second-order valence-electron chi connectivity index (χ2n) is 4.67. The first-order valence-corrected chi connectivity index (χ1v) is 8.07. The van der Waals surface area contributed by atoms with Gasteiger partial charge in [-0.3, -0.25) is 0 Å².